The van der Waals surface area contributed by atoms with Gasteiger partial charge < -0.3 is 14.5 Å². The summed E-state index contributed by atoms with van der Waals surface area (Å²) in [5.41, 5.74) is 0.246. The average molecular weight is 349 g/mol. The number of halogens is 3. The molecule has 4 nitrogen and oxygen atoms in total. The number of carbonyl (C=O) groups excluding carboxylic acids is 1. The molecule has 25 heavy (non-hydrogen) atoms. The quantitative estimate of drug-likeness (QED) is 0.756. The van der Waals surface area contributed by atoms with Crippen LogP contribution in [0.5, 0.6) is 5.75 Å². The number of nitrogens with one attached hydrogen (secondary N) is 1. The minimum absolute atomic E-state index is 0.0583. The molecule has 1 heterocycles. The van der Waals surface area contributed by atoms with E-state index in [2.05, 4.69) is 0 Å². The van der Waals surface area contributed by atoms with Crippen LogP contribution in [0.15, 0.2) is 59.0 Å². The fraction of sp³-hybridized carbons (Fsp3) is 0.167. The molecule has 0 aliphatic heterocycles. The van der Waals surface area contributed by atoms with Crippen LogP contribution >= 0.6 is 0 Å². The Morgan fingerprint density at radius 2 is 1.84 bits per heavy atom. The van der Waals surface area contributed by atoms with Crippen molar-refractivity contribution in [1.82, 2.24) is 5.32 Å². The van der Waals surface area contributed by atoms with Crippen molar-refractivity contribution in [3.8, 4) is 5.75 Å². The molecule has 1 N–H and O–H groups in total. The molecule has 0 radical (unpaired) electrons. The Morgan fingerprint density at radius 1 is 1.12 bits per heavy atom. The van der Waals surface area contributed by atoms with Gasteiger partial charge in [-0.1, -0.05) is 42.5 Å². The SMILES string of the molecule is COc1cccc2cc(C(=O)NC(c3ccccc3)C(F)(F)F)oc12. The first-order chi connectivity index (χ1) is 11.9. The van der Waals surface area contributed by atoms with Crippen molar-refractivity contribution < 1.29 is 27.1 Å². The normalized spacial score (nSPS) is 12.8. The monoisotopic (exact) mass is 349 g/mol. The maximum atomic E-state index is 13.3. The lowest BCUT2D eigenvalue weighted by molar-refractivity contribution is -0.155. The van der Waals surface area contributed by atoms with Crippen LogP contribution in [0.4, 0.5) is 13.2 Å². The average Bonchev–Trinajstić information content (AvgIpc) is 3.03. The van der Waals surface area contributed by atoms with Gasteiger partial charge in [0.15, 0.2) is 23.1 Å². The summed E-state index contributed by atoms with van der Waals surface area (Å²) < 4.78 is 50.5. The second-order valence-corrected chi connectivity index (χ2v) is 5.35. The number of amides is 1. The summed E-state index contributed by atoms with van der Waals surface area (Å²) >= 11 is 0. The second kappa shape index (κ2) is 6.51. The number of para-hydroxylation sites is 1. The van der Waals surface area contributed by atoms with E-state index in [1.165, 1.54) is 37.4 Å². The van der Waals surface area contributed by atoms with Gasteiger partial charge in [0, 0.05) is 5.39 Å². The highest BCUT2D eigenvalue weighted by Gasteiger charge is 2.42. The van der Waals surface area contributed by atoms with Crippen LogP contribution < -0.4 is 10.1 Å². The number of hydrogen-bond donors (Lipinski definition) is 1. The Bertz CT molecular complexity index is 887. The number of ether oxygens (including phenoxy) is 1. The van der Waals surface area contributed by atoms with Gasteiger partial charge in [-0.2, -0.15) is 13.2 Å². The summed E-state index contributed by atoms with van der Waals surface area (Å²) in [6.45, 7) is 0. The van der Waals surface area contributed by atoms with Crippen molar-refractivity contribution in [2.24, 2.45) is 0 Å². The lowest BCUT2D eigenvalue weighted by Gasteiger charge is -2.21. The third kappa shape index (κ3) is 3.45. The van der Waals surface area contributed by atoms with E-state index in [-0.39, 0.29) is 11.3 Å². The van der Waals surface area contributed by atoms with E-state index in [9.17, 15) is 18.0 Å². The molecule has 2 aromatic carbocycles. The summed E-state index contributed by atoms with van der Waals surface area (Å²) in [6.07, 6.45) is -4.64. The van der Waals surface area contributed by atoms with E-state index in [0.29, 0.717) is 16.7 Å². The number of hydrogen-bond acceptors (Lipinski definition) is 3. The van der Waals surface area contributed by atoms with Gasteiger partial charge in [-0.3, -0.25) is 4.79 Å². The number of fused-ring (bicyclic) bond motifs is 1. The number of alkyl halides is 3. The first-order valence-electron chi connectivity index (χ1n) is 7.39. The smallest absolute Gasteiger partial charge is 0.412 e. The molecular weight excluding hydrogens is 335 g/mol. The van der Waals surface area contributed by atoms with Gasteiger partial charge in [-0.05, 0) is 17.7 Å². The van der Waals surface area contributed by atoms with Crippen molar-refractivity contribution in [2.45, 2.75) is 12.2 Å². The molecule has 0 fully saturated rings. The summed E-state index contributed by atoms with van der Waals surface area (Å²) in [6, 6.07) is 11.4. The lowest BCUT2D eigenvalue weighted by atomic mass is 10.1. The largest absolute Gasteiger partial charge is 0.493 e. The zero-order valence-corrected chi connectivity index (χ0v) is 13.1. The van der Waals surface area contributed by atoms with E-state index in [1.807, 2.05) is 5.32 Å². The van der Waals surface area contributed by atoms with Crippen molar-refractivity contribution in [1.29, 1.82) is 0 Å². The number of rotatable bonds is 4. The van der Waals surface area contributed by atoms with Gasteiger partial charge in [0.05, 0.1) is 7.11 Å². The number of carbonyl (C=O) groups is 1. The van der Waals surface area contributed by atoms with Gasteiger partial charge in [-0.25, -0.2) is 0 Å². The maximum Gasteiger partial charge on any atom is 0.412 e. The van der Waals surface area contributed by atoms with Crippen LogP contribution in [0.1, 0.15) is 22.2 Å². The Labute approximate surface area is 141 Å². The van der Waals surface area contributed by atoms with Crippen LogP contribution in [-0.4, -0.2) is 19.2 Å². The van der Waals surface area contributed by atoms with Crippen LogP contribution in [-0.2, 0) is 0 Å². The van der Waals surface area contributed by atoms with E-state index in [4.69, 9.17) is 9.15 Å². The first-order valence-corrected chi connectivity index (χ1v) is 7.39. The van der Waals surface area contributed by atoms with Crippen molar-refractivity contribution in [2.75, 3.05) is 7.11 Å². The summed E-state index contributed by atoms with van der Waals surface area (Å²) in [5, 5.41) is 2.55. The third-order valence-electron chi connectivity index (χ3n) is 3.69. The van der Waals surface area contributed by atoms with E-state index >= 15 is 0 Å². The summed E-state index contributed by atoms with van der Waals surface area (Å²) in [7, 11) is 1.44. The summed E-state index contributed by atoms with van der Waals surface area (Å²) in [5.74, 6) is -0.777. The number of benzene rings is 2. The molecule has 130 valence electrons. The highest BCUT2D eigenvalue weighted by Crippen LogP contribution is 2.33. The third-order valence-corrected chi connectivity index (χ3v) is 3.69. The predicted octanol–water partition coefficient (Wildman–Crippen LogP) is 4.47. The van der Waals surface area contributed by atoms with Crippen LogP contribution in [0, 0.1) is 0 Å². The molecule has 3 rings (SSSR count). The Morgan fingerprint density at radius 3 is 2.48 bits per heavy atom. The molecule has 0 saturated carbocycles. The molecule has 3 aromatic rings. The first kappa shape index (κ1) is 16.9. The minimum Gasteiger partial charge on any atom is -0.493 e. The highest BCUT2D eigenvalue weighted by atomic mass is 19.4. The second-order valence-electron chi connectivity index (χ2n) is 5.35. The van der Waals surface area contributed by atoms with Gasteiger partial charge in [0.25, 0.3) is 5.91 Å². The number of furan rings is 1. The zero-order valence-electron chi connectivity index (χ0n) is 13.1. The molecule has 1 unspecified atom stereocenters. The van der Waals surface area contributed by atoms with Gasteiger partial charge in [0.1, 0.15) is 0 Å². The molecule has 0 aliphatic carbocycles. The minimum atomic E-state index is -4.64. The Balaban J connectivity index is 1.92. The number of methoxy groups -OCH3 is 1. The molecule has 7 heteroatoms. The fourth-order valence-corrected chi connectivity index (χ4v) is 2.51. The summed E-state index contributed by atoms with van der Waals surface area (Å²) in [4.78, 5) is 12.3. The molecule has 1 aromatic heterocycles. The van der Waals surface area contributed by atoms with Crippen LogP contribution in [0.2, 0.25) is 0 Å². The van der Waals surface area contributed by atoms with Crippen molar-refractivity contribution in [3.05, 3.63) is 65.9 Å². The lowest BCUT2D eigenvalue weighted by Crippen LogP contribution is -2.38. The van der Waals surface area contributed by atoms with E-state index in [1.54, 1.807) is 24.3 Å². The van der Waals surface area contributed by atoms with E-state index < -0.39 is 18.1 Å². The topological polar surface area (TPSA) is 51.5 Å². The molecule has 1 atom stereocenters. The Kier molecular flexibility index (Phi) is 4.39. The molecule has 1 amide bonds. The van der Waals surface area contributed by atoms with Gasteiger partial charge >= 0.3 is 6.18 Å². The Hall–Kier alpha value is -2.96. The van der Waals surface area contributed by atoms with Crippen molar-refractivity contribution in [3.63, 3.8) is 0 Å². The standard InChI is InChI=1S/C18H14F3NO3/c1-24-13-9-5-8-12-10-14(25-15(12)13)17(23)22-16(18(19,20)21)11-6-3-2-4-7-11/h2-10,16H,1H3,(H,22,23). The molecular formula is C18H14F3NO3. The maximum absolute atomic E-state index is 13.3. The fourth-order valence-electron chi connectivity index (χ4n) is 2.51. The molecule has 0 bridgehead atoms. The van der Waals surface area contributed by atoms with Gasteiger partial charge in [0.2, 0.25) is 0 Å². The zero-order chi connectivity index (χ0) is 18.0. The van der Waals surface area contributed by atoms with Crippen LogP contribution in [0.3, 0.4) is 0 Å². The van der Waals surface area contributed by atoms with Crippen molar-refractivity contribution >= 4 is 16.9 Å². The van der Waals surface area contributed by atoms with Gasteiger partial charge in [-0.15, -0.1) is 0 Å². The highest BCUT2D eigenvalue weighted by molar-refractivity contribution is 5.97. The molecule has 0 spiro atoms. The van der Waals surface area contributed by atoms with E-state index in [0.717, 1.165) is 0 Å². The van der Waals surface area contributed by atoms with Crippen LogP contribution in [0.25, 0.3) is 11.0 Å². The predicted molar refractivity (Wildman–Crippen MR) is 85.5 cm³/mol. The molecule has 0 aliphatic rings. The molecule has 0 saturated heterocycles.